The maximum Gasteiger partial charge on any atom is 0.269 e. The molecular formula is C19H26N4O. The molecule has 0 radical (unpaired) electrons. The molecule has 1 amide bonds. The van der Waals surface area contributed by atoms with Crippen LogP contribution >= 0.6 is 0 Å². The summed E-state index contributed by atoms with van der Waals surface area (Å²) in [7, 11) is 4.04. The minimum atomic E-state index is -0.140. The van der Waals surface area contributed by atoms with Gasteiger partial charge >= 0.3 is 0 Å². The Bertz CT molecular complexity index is 698. The van der Waals surface area contributed by atoms with Crippen molar-refractivity contribution in [2.24, 2.45) is 0 Å². The number of carbonyl (C=O) groups excluding carboxylic acids is 1. The van der Waals surface area contributed by atoms with Crippen molar-refractivity contribution in [3.05, 3.63) is 53.3 Å². The van der Waals surface area contributed by atoms with Crippen molar-refractivity contribution in [3.63, 3.8) is 0 Å². The van der Waals surface area contributed by atoms with Crippen LogP contribution in [0.25, 0.3) is 0 Å². The molecule has 0 bridgehead atoms. The van der Waals surface area contributed by atoms with Crippen LogP contribution in [0.15, 0.2) is 36.5 Å². The van der Waals surface area contributed by atoms with Gasteiger partial charge in [-0.2, -0.15) is 0 Å². The van der Waals surface area contributed by atoms with Crippen molar-refractivity contribution in [2.45, 2.75) is 20.3 Å². The van der Waals surface area contributed by atoms with Gasteiger partial charge in [0.15, 0.2) is 0 Å². The highest BCUT2D eigenvalue weighted by Gasteiger charge is 2.08. The molecule has 1 heterocycles. The first-order valence-electron chi connectivity index (χ1n) is 8.19. The first-order chi connectivity index (χ1) is 11.5. The fourth-order valence-corrected chi connectivity index (χ4v) is 2.36. The molecule has 2 aromatic rings. The van der Waals surface area contributed by atoms with E-state index in [4.69, 9.17) is 0 Å². The number of nitrogens with zero attached hydrogens (tertiary/aromatic N) is 2. The standard InChI is InChI=1S/C19H26N4O/c1-14-7-5-8-17(15(14)2)22-16-9-11-20-18(13-16)19(24)21-10-6-12-23(3)4/h5,7-9,11,13H,6,10,12H2,1-4H3,(H,20,22)(H,21,24). The van der Waals surface area contributed by atoms with Gasteiger partial charge in [0.2, 0.25) is 0 Å². The van der Waals surface area contributed by atoms with Crippen LogP contribution in [0, 0.1) is 13.8 Å². The molecule has 2 rings (SSSR count). The van der Waals surface area contributed by atoms with Gasteiger partial charge in [0, 0.05) is 24.1 Å². The average Bonchev–Trinajstić information content (AvgIpc) is 2.56. The number of nitrogens with one attached hydrogen (secondary N) is 2. The van der Waals surface area contributed by atoms with Crippen LogP contribution in [0.1, 0.15) is 28.0 Å². The zero-order chi connectivity index (χ0) is 17.5. The van der Waals surface area contributed by atoms with Gasteiger partial charge in [-0.15, -0.1) is 0 Å². The van der Waals surface area contributed by atoms with Crippen LogP contribution in [0.3, 0.4) is 0 Å². The first-order valence-corrected chi connectivity index (χ1v) is 8.19. The van der Waals surface area contributed by atoms with E-state index < -0.39 is 0 Å². The van der Waals surface area contributed by atoms with Crippen molar-refractivity contribution >= 4 is 17.3 Å². The Morgan fingerprint density at radius 2 is 2.00 bits per heavy atom. The van der Waals surface area contributed by atoms with Gasteiger partial charge in [0.05, 0.1) is 0 Å². The number of hydrogen-bond donors (Lipinski definition) is 2. The number of amides is 1. The lowest BCUT2D eigenvalue weighted by atomic mass is 10.1. The second-order valence-electron chi connectivity index (χ2n) is 6.21. The number of pyridine rings is 1. The Labute approximate surface area is 144 Å². The van der Waals surface area contributed by atoms with Gasteiger partial charge in [-0.25, -0.2) is 0 Å². The van der Waals surface area contributed by atoms with E-state index in [0.717, 1.165) is 24.3 Å². The number of carbonyl (C=O) groups is 1. The van der Waals surface area contributed by atoms with E-state index in [1.165, 1.54) is 11.1 Å². The van der Waals surface area contributed by atoms with Crippen LogP contribution in [0.2, 0.25) is 0 Å². The van der Waals surface area contributed by atoms with Gasteiger partial charge in [-0.1, -0.05) is 12.1 Å². The van der Waals surface area contributed by atoms with Crippen molar-refractivity contribution in [1.82, 2.24) is 15.2 Å². The summed E-state index contributed by atoms with van der Waals surface area (Å²) in [5, 5.41) is 6.27. The highest BCUT2D eigenvalue weighted by molar-refractivity contribution is 5.93. The largest absolute Gasteiger partial charge is 0.355 e. The Balaban J connectivity index is 2.00. The normalized spacial score (nSPS) is 10.7. The molecule has 0 aliphatic rings. The van der Waals surface area contributed by atoms with Gasteiger partial charge in [0.25, 0.3) is 5.91 Å². The SMILES string of the molecule is Cc1cccc(Nc2ccnc(C(=O)NCCCN(C)C)c2)c1C. The molecule has 0 saturated heterocycles. The average molecular weight is 326 g/mol. The number of aryl methyl sites for hydroxylation is 1. The van der Waals surface area contributed by atoms with Gasteiger partial charge in [-0.05, 0) is 70.2 Å². The lowest BCUT2D eigenvalue weighted by molar-refractivity contribution is 0.0947. The molecule has 5 nitrogen and oxygen atoms in total. The number of aromatic nitrogens is 1. The van der Waals surface area contributed by atoms with E-state index in [1.54, 1.807) is 12.3 Å². The molecule has 0 atom stereocenters. The third-order valence-electron chi connectivity index (χ3n) is 3.94. The predicted molar refractivity (Wildman–Crippen MR) is 98.9 cm³/mol. The minimum absolute atomic E-state index is 0.140. The van der Waals surface area contributed by atoms with Crippen molar-refractivity contribution in [3.8, 4) is 0 Å². The molecule has 0 fully saturated rings. The molecule has 5 heteroatoms. The third kappa shape index (κ3) is 5.06. The van der Waals surface area contributed by atoms with Gasteiger partial charge < -0.3 is 15.5 Å². The topological polar surface area (TPSA) is 57.3 Å². The van der Waals surface area contributed by atoms with E-state index in [-0.39, 0.29) is 5.91 Å². The van der Waals surface area contributed by atoms with Gasteiger partial charge in [0.1, 0.15) is 5.69 Å². The molecule has 0 aliphatic heterocycles. The van der Waals surface area contributed by atoms with E-state index >= 15 is 0 Å². The van der Waals surface area contributed by atoms with E-state index in [0.29, 0.717) is 12.2 Å². The zero-order valence-electron chi connectivity index (χ0n) is 14.9. The quantitative estimate of drug-likeness (QED) is 0.768. The maximum atomic E-state index is 12.2. The summed E-state index contributed by atoms with van der Waals surface area (Å²) in [6.07, 6.45) is 2.57. The number of anilines is 2. The second-order valence-corrected chi connectivity index (χ2v) is 6.21. The number of hydrogen-bond acceptors (Lipinski definition) is 4. The summed E-state index contributed by atoms with van der Waals surface area (Å²) >= 11 is 0. The highest BCUT2D eigenvalue weighted by atomic mass is 16.1. The fourth-order valence-electron chi connectivity index (χ4n) is 2.36. The lowest BCUT2D eigenvalue weighted by Crippen LogP contribution is -2.27. The monoisotopic (exact) mass is 326 g/mol. The van der Waals surface area contributed by atoms with E-state index in [2.05, 4.69) is 40.4 Å². The fraction of sp³-hybridized carbons (Fsp3) is 0.368. The smallest absolute Gasteiger partial charge is 0.269 e. The first kappa shape index (κ1) is 17.9. The Kier molecular flexibility index (Phi) is 6.32. The van der Waals surface area contributed by atoms with Crippen LogP contribution in [0.5, 0.6) is 0 Å². The third-order valence-corrected chi connectivity index (χ3v) is 3.94. The van der Waals surface area contributed by atoms with Crippen LogP contribution in [-0.2, 0) is 0 Å². The second kappa shape index (κ2) is 8.45. The molecule has 0 unspecified atom stereocenters. The maximum absolute atomic E-state index is 12.2. The van der Waals surface area contributed by atoms with Gasteiger partial charge in [-0.3, -0.25) is 9.78 Å². The summed E-state index contributed by atoms with van der Waals surface area (Å²) < 4.78 is 0. The molecule has 0 spiro atoms. The van der Waals surface area contributed by atoms with E-state index in [1.807, 2.05) is 32.3 Å². The summed E-state index contributed by atoms with van der Waals surface area (Å²) in [6.45, 7) is 5.76. The molecule has 2 N–H and O–H groups in total. The molecule has 0 aliphatic carbocycles. The van der Waals surface area contributed by atoms with Crippen LogP contribution < -0.4 is 10.6 Å². The summed E-state index contributed by atoms with van der Waals surface area (Å²) in [6, 6.07) is 9.78. The molecule has 1 aromatic heterocycles. The Morgan fingerprint density at radius 3 is 2.75 bits per heavy atom. The zero-order valence-corrected chi connectivity index (χ0v) is 14.9. The molecule has 1 aromatic carbocycles. The Morgan fingerprint density at radius 1 is 1.21 bits per heavy atom. The minimum Gasteiger partial charge on any atom is -0.355 e. The molecule has 0 saturated carbocycles. The van der Waals surface area contributed by atoms with Crippen LogP contribution in [-0.4, -0.2) is 43.0 Å². The summed E-state index contributed by atoms with van der Waals surface area (Å²) in [4.78, 5) is 18.5. The molecule has 24 heavy (non-hydrogen) atoms. The Hall–Kier alpha value is -2.40. The van der Waals surface area contributed by atoms with Crippen molar-refractivity contribution in [2.75, 3.05) is 32.5 Å². The van der Waals surface area contributed by atoms with Crippen molar-refractivity contribution in [1.29, 1.82) is 0 Å². The lowest BCUT2D eigenvalue weighted by Gasteiger charge is -2.12. The molecular weight excluding hydrogens is 300 g/mol. The highest BCUT2D eigenvalue weighted by Crippen LogP contribution is 2.22. The summed E-state index contributed by atoms with van der Waals surface area (Å²) in [5.74, 6) is -0.140. The number of rotatable bonds is 7. The van der Waals surface area contributed by atoms with E-state index in [9.17, 15) is 4.79 Å². The number of benzene rings is 1. The summed E-state index contributed by atoms with van der Waals surface area (Å²) in [5.41, 5.74) is 4.75. The van der Waals surface area contributed by atoms with Crippen molar-refractivity contribution < 1.29 is 4.79 Å². The van der Waals surface area contributed by atoms with Crippen LogP contribution in [0.4, 0.5) is 11.4 Å². The predicted octanol–water partition coefficient (Wildman–Crippen LogP) is 3.12. The molecule has 128 valence electrons.